The zero-order chi connectivity index (χ0) is 22.7. The molecule has 4 rings (SSSR count). The summed E-state index contributed by atoms with van der Waals surface area (Å²) in [6.45, 7) is 0.0504. The molecule has 1 heterocycles. The Bertz CT molecular complexity index is 1330. The third-order valence-corrected chi connectivity index (χ3v) is 7.63. The molecule has 0 fully saturated rings. The average Bonchev–Trinajstić information content (AvgIpc) is 3.25. The summed E-state index contributed by atoms with van der Waals surface area (Å²) in [5, 5.41) is 0.692. The van der Waals surface area contributed by atoms with Crippen LogP contribution in [0.3, 0.4) is 0 Å². The van der Waals surface area contributed by atoms with Gasteiger partial charge in [0.2, 0.25) is 0 Å². The molecule has 7 nitrogen and oxygen atoms in total. The molecule has 0 spiro atoms. The quantitative estimate of drug-likeness (QED) is 0.372. The topological polar surface area (TPSA) is 85.8 Å². The zero-order valence-corrected chi connectivity index (χ0v) is 19.0. The van der Waals surface area contributed by atoms with Crippen molar-refractivity contribution in [2.24, 2.45) is 0 Å². The highest BCUT2D eigenvalue weighted by Gasteiger charge is 2.24. The first-order valence-corrected chi connectivity index (χ1v) is 11.9. The van der Waals surface area contributed by atoms with Gasteiger partial charge in [-0.05, 0) is 48.5 Å². The molecule has 0 amide bonds. The third kappa shape index (κ3) is 4.30. The van der Waals surface area contributed by atoms with E-state index in [0.717, 1.165) is 14.5 Å². The Morgan fingerprint density at radius 3 is 2.41 bits per heavy atom. The van der Waals surface area contributed by atoms with Crippen LogP contribution in [0.25, 0.3) is 10.2 Å². The molecule has 0 N–H and O–H groups in total. The fourth-order valence-electron chi connectivity index (χ4n) is 3.13. The normalized spacial score (nSPS) is 11.3. The van der Waals surface area contributed by atoms with Gasteiger partial charge in [0.05, 0.1) is 33.5 Å². The summed E-state index contributed by atoms with van der Waals surface area (Å²) in [7, 11) is -0.912. The Kier molecular flexibility index (Phi) is 6.11. The molecule has 4 aromatic rings. The van der Waals surface area contributed by atoms with Crippen molar-refractivity contribution < 1.29 is 22.7 Å². The number of aromatic nitrogens is 1. The number of nitrogens with zero attached hydrogens (tertiary/aromatic N) is 2. The standard InChI is InChI=1S/C23H20N2O5S2/c1-25(19-8-4-5-9-20(19)29-2)32(27,28)17-13-11-16(12-14-17)23(26)30-15-22-24-18-7-3-6-10-21(18)31-22/h3-14H,15H2,1-2H3. The first-order valence-electron chi connectivity index (χ1n) is 9.64. The van der Waals surface area contributed by atoms with Crippen LogP contribution in [-0.4, -0.2) is 33.5 Å². The molecule has 164 valence electrons. The molecular formula is C23H20N2O5S2. The van der Waals surface area contributed by atoms with Crippen molar-refractivity contribution >= 4 is 43.2 Å². The minimum Gasteiger partial charge on any atom is -0.495 e. The van der Waals surface area contributed by atoms with E-state index in [2.05, 4.69) is 4.98 Å². The van der Waals surface area contributed by atoms with Crippen LogP contribution in [0.2, 0.25) is 0 Å². The highest BCUT2D eigenvalue weighted by molar-refractivity contribution is 7.92. The van der Waals surface area contributed by atoms with Gasteiger partial charge in [-0.3, -0.25) is 4.31 Å². The van der Waals surface area contributed by atoms with E-state index in [1.807, 2.05) is 24.3 Å². The van der Waals surface area contributed by atoms with E-state index in [1.54, 1.807) is 24.3 Å². The van der Waals surface area contributed by atoms with Crippen molar-refractivity contribution in [3.05, 3.63) is 83.4 Å². The number of hydrogen-bond acceptors (Lipinski definition) is 7. The minimum absolute atomic E-state index is 0.0497. The summed E-state index contributed by atoms with van der Waals surface area (Å²) in [5.41, 5.74) is 1.52. The number of ether oxygens (including phenoxy) is 2. The molecule has 0 aliphatic carbocycles. The van der Waals surface area contributed by atoms with E-state index in [1.165, 1.54) is 49.8 Å². The molecule has 0 saturated carbocycles. The lowest BCUT2D eigenvalue weighted by atomic mass is 10.2. The number of thiazole rings is 1. The fraction of sp³-hybridized carbons (Fsp3) is 0.130. The monoisotopic (exact) mass is 468 g/mol. The molecule has 1 aromatic heterocycles. The number of carbonyl (C=O) groups excluding carboxylic acids is 1. The van der Waals surface area contributed by atoms with Crippen LogP contribution < -0.4 is 9.04 Å². The summed E-state index contributed by atoms with van der Waals surface area (Å²) in [6.07, 6.45) is 0. The fourth-order valence-corrected chi connectivity index (χ4v) is 5.22. The lowest BCUT2D eigenvalue weighted by Gasteiger charge is -2.21. The summed E-state index contributed by atoms with van der Waals surface area (Å²) < 4.78 is 38.8. The van der Waals surface area contributed by atoms with E-state index < -0.39 is 16.0 Å². The van der Waals surface area contributed by atoms with Crippen LogP contribution in [0.15, 0.2) is 77.7 Å². The van der Waals surface area contributed by atoms with Gasteiger partial charge >= 0.3 is 5.97 Å². The van der Waals surface area contributed by atoms with Crippen molar-refractivity contribution in [3.63, 3.8) is 0 Å². The molecule has 0 saturated heterocycles. The highest BCUT2D eigenvalue weighted by atomic mass is 32.2. The Balaban J connectivity index is 1.47. The number of esters is 1. The zero-order valence-electron chi connectivity index (χ0n) is 17.4. The van der Waals surface area contributed by atoms with E-state index in [4.69, 9.17) is 9.47 Å². The van der Waals surface area contributed by atoms with Gasteiger partial charge in [0.25, 0.3) is 10.0 Å². The lowest BCUT2D eigenvalue weighted by Crippen LogP contribution is -2.27. The minimum atomic E-state index is -3.84. The number of rotatable bonds is 7. The second kappa shape index (κ2) is 8.97. The maximum absolute atomic E-state index is 13.0. The first-order chi connectivity index (χ1) is 15.4. The predicted octanol–water partition coefficient (Wildman–Crippen LogP) is 4.49. The van der Waals surface area contributed by atoms with Crippen LogP contribution in [0.5, 0.6) is 5.75 Å². The highest BCUT2D eigenvalue weighted by Crippen LogP contribution is 2.31. The Labute approximate surface area is 189 Å². The summed E-state index contributed by atoms with van der Waals surface area (Å²) >= 11 is 1.46. The number of anilines is 1. The van der Waals surface area contributed by atoms with Crippen molar-refractivity contribution in [3.8, 4) is 5.75 Å². The predicted molar refractivity (Wildman–Crippen MR) is 124 cm³/mol. The number of sulfonamides is 1. The molecule has 0 radical (unpaired) electrons. The maximum atomic E-state index is 13.0. The Hall–Kier alpha value is -3.43. The van der Waals surface area contributed by atoms with Crippen molar-refractivity contribution in [2.75, 3.05) is 18.5 Å². The SMILES string of the molecule is COc1ccccc1N(C)S(=O)(=O)c1ccc(C(=O)OCc2nc3ccccc3s2)cc1. The van der Waals surface area contributed by atoms with E-state index >= 15 is 0 Å². The molecule has 3 aromatic carbocycles. The van der Waals surface area contributed by atoms with Gasteiger partial charge in [0, 0.05) is 7.05 Å². The molecule has 0 unspecified atom stereocenters. The van der Waals surface area contributed by atoms with Crippen molar-refractivity contribution in [2.45, 2.75) is 11.5 Å². The van der Waals surface area contributed by atoms with Gasteiger partial charge in [-0.25, -0.2) is 18.2 Å². The van der Waals surface area contributed by atoms with Crippen LogP contribution in [0.1, 0.15) is 15.4 Å². The van der Waals surface area contributed by atoms with Gasteiger partial charge in [0.15, 0.2) is 0 Å². The Morgan fingerprint density at radius 1 is 1.00 bits per heavy atom. The van der Waals surface area contributed by atoms with Crippen molar-refractivity contribution in [1.82, 2.24) is 4.98 Å². The number of para-hydroxylation sites is 3. The summed E-state index contributed by atoms with van der Waals surface area (Å²) in [6, 6.07) is 20.2. The maximum Gasteiger partial charge on any atom is 0.338 e. The van der Waals surface area contributed by atoms with Gasteiger partial charge in [-0.1, -0.05) is 24.3 Å². The molecule has 0 aliphatic rings. The van der Waals surface area contributed by atoms with Gasteiger partial charge in [-0.2, -0.15) is 0 Å². The van der Waals surface area contributed by atoms with Crippen LogP contribution in [0, 0.1) is 0 Å². The number of benzene rings is 3. The number of fused-ring (bicyclic) bond motifs is 1. The first kappa shape index (κ1) is 21.8. The molecule has 0 aliphatic heterocycles. The van der Waals surface area contributed by atoms with Gasteiger partial charge in [-0.15, -0.1) is 11.3 Å². The largest absolute Gasteiger partial charge is 0.495 e. The summed E-state index contributed by atoms with van der Waals surface area (Å²) in [4.78, 5) is 16.9. The Morgan fingerprint density at radius 2 is 1.69 bits per heavy atom. The molecular weight excluding hydrogens is 448 g/mol. The van der Waals surface area contributed by atoms with Gasteiger partial charge in [0.1, 0.15) is 17.4 Å². The van der Waals surface area contributed by atoms with Crippen LogP contribution >= 0.6 is 11.3 Å². The molecule has 32 heavy (non-hydrogen) atoms. The van der Waals surface area contributed by atoms with E-state index in [9.17, 15) is 13.2 Å². The average molecular weight is 469 g/mol. The number of hydrogen-bond donors (Lipinski definition) is 0. The second-order valence-electron chi connectivity index (χ2n) is 6.82. The molecule has 0 bridgehead atoms. The third-order valence-electron chi connectivity index (χ3n) is 4.84. The summed E-state index contributed by atoms with van der Waals surface area (Å²) in [5.74, 6) is -0.111. The second-order valence-corrected chi connectivity index (χ2v) is 9.90. The number of methoxy groups -OCH3 is 1. The van der Waals surface area contributed by atoms with Crippen LogP contribution in [-0.2, 0) is 21.4 Å². The smallest absolute Gasteiger partial charge is 0.338 e. The number of carbonyl (C=O) groups is 1. The van der Waals surface area contributed by atoms with Gasteiger partial charge < -0.3 is 9.47 Å². The molecule has 9 heteroatoms. The lowest BCUT2D eigenvalue weighted by molar-refractivity contribution is 0.0472. The van der Waals surface area contributed by atoms with E-state index in [0.29, 0.717) is 16.4 Å². The van der Waals surface area contributed by atoms with Crippen LogP contribution in [0.4, 0.5) is 5.69 Å². The van der Waals surface area contributed by atoms with E-state index in [-0.39, 0.29) is 17.1 Å². The van der Waals surface area contributed by atoms with Crippen molar-refractivity contribution in [1.29, 1.82) is 0 Å². The molecule has 0 atom stereocenters.